The van der Waals surface area contributed by atoms with Gasteiger partial charge in [0.1, 0.15) is 0 Å². The van der Waals surface area contributed by atoms with Crippen LogP contribution in [0.2, 0.25) is 0 Å². The van der Waals surface area contributed by atoms with E-state index in [0.717, 1.165) is 25.7 Å². The van der Waals surface area contributed by atoms with Gasteiger partial charge in [-0.2, -0.15) is 0 Å². The second kappa shape index (κ2) is 2.45. The van der Waals surface area contributed by atoms with Crippen LogP contribution in [0.4, 0.5) is 0 Å². The van der Waals surface area contributed by atoms with Crippen LogP contribution in [0.25, 0.3) is 0 Å². The third-order valence-corrected chi connectivity index (χ3v) is 5.11. The fraction of sp³-hybridized carbons (Fsp3) is 1.00. The molecule has 70 valence electrons. The summed E-state index contributed by atoms with van der Waals surface area (Å²) >= 11 is 0. The second-order valence-electron chi connectivity index (χ2n) is 4.19. The third kappa shape index (κ3) is 1.09. The summed E-state index contributed by atoms with van der Waals surface area (Å²) in [6.07, 6.45) is 6.40. The number of sulfonamides is 1. The van der Waals surface area contributed by atoms with Gasteiger partial charge in [-0.1, -0.05) is 12.8 Å². The molecule has 4 heteroatoms. The van der Waals surface area contributed by atoms with E-state index >= 15 is 0 Å². The average molecular weight is 189 g/mol. The molecule has 0 aromatic heterocycles. The number of primary sulfonamides is 1. The fourth-order valence-electron chi connectivity index (χ4n) is 2.83. The minimum absolute atomic E-state index is 0.105. The first-order valence-electron chi connectivity index (χ1n) is 4.56. The lowest BCUT2D eigenvalue weighted by molar-refractivity contribution is 0.149. The van der Waals surface area contributed by atoms with Crippen molar-refractivity contribution < 1.29 is 8.42 Å². The van der Waals surface area contributed by atoms with Crippen LogP contribution in [0.1, 0.15) is 38.5 Å². The van der Waals surface area contributed by atoms with Crippen LogP contribution in [0.5, 0.6) is 0 Å². The molecule has 2 aliphatic carbocycles. The summed E-state index contributed by atoms with van der Waals surface area (Å²) in [5.41, 5.74) is 0.105. The van der Waals surface area contributed by atoms with Crippen LogP contribution >= 0.6 is 0 Å². The van der Waals surface area contributed by atoms with Crippen molar-refractivity contribution >= 4 is 10.0 Å². The maximum Gasteiger partial charge on any atom is 0.212 e. The zero-order chi connectivity index (χ0) is 8.82. The van der Waals surface area contributed by atoms with Crippen molar-refractivity contribution in [1.82, 2.24) is 0 Å². The molecule has 2 aliphatic rings. The Morgan fingerprint density at radius 1 is 1.17 bits per heavy atom. The molecule has 0 saturated heterocycles. The van der Waals surface area contributed by atoms with Crippen LogP contribution in [-0.4, -0.2) is 13.7 Å². The molecule has 2 fully saturated rings. The zero-order valence-electron chi connectivity index (χ0n) is 7.12. The van der Waals surface area contributed by atoms with Crippen LogP contribution in [0.3, 0.4) is 0 Å². The molecular weight excluding hydrogens is 174 g/mol. The lowest BCUT2D eigenvalue weighted by Crippen LogP contribution is -2.50. The predicted molar refractivity (Wildman–Crippen MR) is 47.0 cm³/mol. The maximum absolute atomic E-state index is 11.2. The van der Waals surface area contributed by atoms with Gasteiger partial charge in [0.25, 0.3) is 0 Å². The highest BCUT2D eigenvalue weighted by Gasteiger charge is 2.53. The Morgan fingerprint density at radius 3 is 2.08 bits per heavy atom. The highest BCUT2D eigenvalue weighted by Crippen LogP contribution is 2.55. The van der Waals surface area contributed by atoms with Gasteiger partial charge < -0.3 is 0 Å². The highest BCUT2D eigenvalue weighted by atomic mass is 32.2. The van der Waals surface area contributed by atoms with Crippen molar-refractivity contribution in [2.75, 3.05) is 0 Å². The highest BCUT2D eigenvalue weighted by molar-refractivity contribution is 7.89. The Balaban J connectivity index is 2.20. The van der Waals surface area contributed by atoms with Gasteiger partial charge in [0.2, 0.25) is 10.0 Å². The molecule has 0 bridgehead atoms. The van der Waals surface area contributed by atoms with Crippen LogP contribution < -0.4 is 5.14 Å². The van der Waals surface area contributed by atoms with Crippen LogP contribution in [0, 0.1) is 5.41 Å². The second-order valence-corrected chi connectivity index (χ2v) is 5.93. The summed E-state index contributed by atoms with van der Waals surface area (Å²) in [4.78, 5) is 0. The molecule has 12 heavy (non-hydrogen) atoms. The summed E-state index contributed by atoms with van der Waals surface area (Å²) in [7, 11) is -3.26. The van der Waals surface area contributed by atoms with E-state index < -0.39 is 10.0 Å². The Labute approximate surface area is 73.4 Å². The molecule has 2 rings (SSSR count). The smallest absolute Gasteiger partial charge is 0.212 e. The molecule has 0 heterocycles. The van der Waals surface area contributed by atoms with E-state index in [4.69, 9.17) is 5.14 Å². The van der Waals surface area contributed by atoms with Gasteiger partial charge >= 0.3 is 0 Å². The summed E-state index contributed by atoms with van der Waals surface area (Å²) < 4.78 is 22.3. The van der Waals surface area contributed by atoms with Gasteiger partial charge in [-0.25, -0.2) is 13.6 Å². The molecular formula is C8H15NO2S. The maximum atomic E-state index is 11.2. The lowest BCUT2D eigenvalue weighted by Gasteiger charge is -2.45. The van der Waals surface area contributed by atoms with Crippen molar-refractivity contribution in [3.63, 3.8) is 0 Å². The molecule has 3 nitrogen and oxygen atoms in total. The van der Waals surface area contributed by atoms with Gasteiger partial charge in [-0.15, -0.1) is 0 Å². The van der Waals surface area contributed by atoms with E-state index in [1.807, 2.05) is 0 Å². The summed E-state index contributed by atoms with van der Waals surface area (Å²) in [6.45, 7) is 0. The van der Waals surface area contributed by atoms with Gasteiger partial charge in [0.05, 0.1) is 5.25 Å². The molecule has 2 saturated carbocycles. The first kappa shape index (κ1) is 8.51. The van der Waals surface area contributed by atoms with Crippen molar-refractivity contribution in [3.05, 3.63) is 0 Å². The minimum Gasteiger partial charge on any atom is -0.228 e. The van der Waals surface area contributed by atoms with E-state index in [1.54, 1.807) is 0 Å². The Bertz CT molecular complexity index is 277. The van der Waals surface area contributed by atoms with Crippen molar-refractivity contribution in [3.8, 4) is 0 Å². The van der Waals surface area contributed by atoms with E-state index in [-0.39, 0.29) is 10.7 Å². The van der Waals surface area contributed by atoms with Gasteiger partial charge in [0.15, 0.2) is 0 Å². The van der Waals surface area contributed by atoms with E-state index in [2.05, 4.69) is 0 Å². The van der Waals surface area contributed by atoms with Crippen molar-refractivity contribution in [1.29, 1.82) is 0 Å². The summed E-state index contributed by atoms with van der Waals surface area (Å²) in [6, 6.07) is 0. The summed E-state index contributed by atoms with van der Waals surface area (Å²) in [5.74, 6) is 0. The average Bonchev–Trinajstić information content (AvgIpc) is 2.28. The van der Waals surface area contributed by atoms with Gasteiger partial charge in [-0.3, -0.25) is 0 Å². The lowest BCUT2D eigenvalue weighted by atomic mass is 9.67. The number of hydrogen-bond acceptors (Lipinski definition) is 2. The Kier molecular flexibility index (Phi) is 1.74. The first-order valence-corrected chi connectivity index (χ1v) is 6.17. The monoisotopic (exact) mass is 189 g/mol. The number of hydrogen-bond donors (Lipinski definition) is 1. The van der Waals surface area contributed by atoms with Gasteiger partial charge in [-0.05, 0) is 31.1 Å². The molecule has 0 radical (unpaired) electrons. The van der Waals surface area contributed by atoms with E-state index in [9.17, 15) is 8.42 Å². The molecule has 1 atom stereocenters. The van der Waals surface area contributed by atoms with E-state index in [1.165, 1.54) is 12.8 Å². The van der Waals surface area contributed by atoms with Crippen LogP contribution in [-0.2, 0) is 10.0 Å². The van der Waals surface area contributed by atoms with Crippen molar-refractivity contribution in [2.45, 2.75) is 43.8 Å². The minimum atomic E-state index is -3.26. The van der Waals surface area contributed by atoms with Gasteiger partial charge in [0, 0.05) is 0 Å². The van der Waals surface area contributed by atoms with Crippen LogP contribution in [0.15, 0.2) is 0 Å². The molecule has 1 spiro atoms. The third-order valence-electron chi connectivity index (χ3n) is 3.58. The fourth-order valence-corrected chi connectivity index (χ4v) is 4.33. The zero-order valence-corrected chi connectivity index (χ0v) is 7.94. The molecule has 2 N–H and O–H groups in total. The number of rotatable bonds is 1. The topological polar surface area (TPSA) is 60.2 Å². The molecule has 0 aliphatic heterocycles. The first-order chi connectivity index (χ1) is 5.55. The molecule has 0 aromatic rings. The van der Waals surface area contributed by atoms with Crippen molar-refractivity contribution in [2.24, 2.45) is 10.6 Å². The molecule has 0 amide bonds. The van der Waals surface area contributed by atoms with E-state index in [0.29, 0.717) is 0 Å². The molecule has 1 unspecified atom stereocenters. The standard InChI is InChI=1S/C8H15NO2S/c9-12(10,11)7-3-6-8(7)4-1-2-5-8/h7H,1-6H2,(H2,9,10,11). The summed E-state index contributed by atoms with van der Waals surface area (Å²) in [5, 5.41) is 4.95. The Hall–Kier alpha value is -0.0900. The SMILES string of the molecule is NS(=O)(=O)C1CCC12CCCC2. The normalized spacial score (nSPS) is 33.6. The predicted octanol–water partition coefficient (Wildman–Crippen LogP) is 0.998. The number of nitrogens with two attached hydrogens (primary N) is 1. The quantitative estimate of drug-likeness (QED) is 0.669. The molecule has 0 aromatic carbocycles. The Morgan fingerprint density at radius 2 is 1.75 bits per heavy atom. The largest absolute Gasteiger partial charge is 0.228 e.